The third-order valence-electron chi connectivity index (χ3n) is 4.73. The first kappa shape index (κ1) is 17.5. The number of nitrogens with one attached hydrogen (secondary N) is 1. The fourth-order valence-corrected chi connectivity index (χ4v) is 3.28. The summed E-state index contributed by atoms with van der Waals surface area (Å²) >= 11 is 0. The van der Waals surface area contributed by atoms with Gasteiger partial charge in [0.25, 0.3) is 0 Å². The first-order valence-corrected chi connectivity index (χ1v) is 8.86. The number of aryl methyl sites for hydroxylation is 1. The van der Waals surface area contributed by atoms with Crippen molar-refractivity contribution in [3.63, 3.8) is 0 Å². The van der Waals surface area contributed by atoms with Crippen molar-refractivity contribution >= 4 is 6.03 Å². The number of likely N-dealkylation sites (tertiary alicyclic amines) is 1. The van der Waals surface area contributed by atoms with E-state index in [4.69, 9.17) is 0 Å². The Balaban J connectivity index is 1.50. The maximum Gasteiger partial charge on any atom is 0.317 e. The number of carbonyl (C=O) groups is 1. The van der Waals surface area contributed by atoms with Gasteiger partial charge in [-0.05, 0) is 24.9 Å². The first-order chi connectivity index (χ1) is 12.1. The van der Waals surface area contributed by atoms with Crippen molar-refractivity contribution in [2.75, 3.05) is 20.1 Å². The molecule has 1 saturated heterocycles. The minimum Gasteiger partial charge on any atom is -0.337 e. The lowest BCUT2D eigenvalue weighted by Gasteiger charge is -2.34. The predicted octanol–water partition coefficient (Wildman–Crippen LogP) is 2.23. The molecule has 1 fully saturated rings. The van der Waals surface area contributed by atoms with Crippen LogP contribution in [0.25, 0.3) is 0 Å². The van der Waals surface area contributed by atoms with E-state index in [1.54, 1.807) is 11.1 Å². The molecule has 3 rings (SSSR count). The van der Waals surface area contributed by atoms with Crippen molar-refractivity contribution < 1.29 is 4.79 Å². The number of nitrogens with zero attached hydrogens (tertiary/aromatic N) is 4. The molecule has 1 aromatic carbocycles. The Bertz CT molecular complexity index is 684. The van der Waals surface area contributed by atoms with E-state index in [0.29, 0.717) is 6.54 Å². The Hall–Kier alpha value is -2.34. The van der Waals surface area contributed by atoms with E-state index < -0.39 is 0 Å². The second-order valence-electron chi connectivity index (χ2n) is 6.82. The Morgan fingerprint density at radius 2 is 2.16 bits per heavy atom. The molecule has 1 atom stereocenters. The van der Waals surface area contributed by atoms with Crippen LogP contribution in [0.5, 0.6) is 0 Å². The number of hydrogen-bond acceptors (Lipinski definition) is 3. The van der Waals surface area contributed by atoms with Crippen LogP contribution in [0, 0.1) is 0 Å². The van der Waals surface area contributed by atoms with Crippen LogP contribution in [0.1, 0.15) is 24.2 Å². The van der Waals surface area contributed by atoms with Gasteiger partial charge in [-0.25, -0.2) is 9.78 Å². The summed E-state index contributed by atoms with van der Waals surface area (Å²) in [4.78, 5) is 20.9. The van der Waals surface area contributed by atoms with Gasteiger partial charge in [0.2, 0.25) is 0 Å². The molecule has 2 aromatic rings. The van der Waals surface area contributed by atoms with Crippen LogP contribution in [0.15, 0.2) is 42.7 Å². The van der Waals surface area contributed by atoms with Crippen molar-refractivity contribution in [2.45, 2.75) is 32.0 Å². The molecule has 0 saturated carbocycles. The molecule has 0 radical (unpaired) electrons. The van der Waals surface area contributed by atoms with Gasteiger partial charge < -0.3 is 14.8 Å². The molecule has 1 aromatic heterocycles. The third kappa shape index (κ3) is 4.82. The van der Waals surface area contributed by atoms with E-state index in [0.717, 1.165) is 38.3 Å². The molecule has 25 heavy (non-hydrogen) atoms. The smallest absolute Gasteiger partial charge is 0.317 e. The molecule has 1 aliphatic rings. The van der Waals surface area contributed by atoms with Gasteiger partial charge in [-0.15, -0.1) is 0 Å². The van der Waals surface area contributed by atoms with E-state index in [2.05, 4.69) is 39.5 Å². The fourth-order valence-electron chi connectivity index (χ4n) is 3.28. The molecule has 2 amide bonds. The van der Waals surface area contributed by atoms with Gasteiger partial charge in [0.15, 0.2) is 0 Å². The second-order valence-corrected chi connectivity index (χ2v) is 6.82. The van der Waals surface area contributed by atoms with Gasteiger partial charge in [-0.1, -0.05) is 30.3 Å². The second kappa shape index (κ2) is 8.16. The molecule has 0 unspecified atom stereocenters. The number of hydrogen-bond donors (Lipinski definition) is 1. The lowest BCUT2D eigenvalue weighted by Crippen LogP contribution is -2.50. The summed E-state index contributed by atoms with van der Waals surface area (Å²) in [6.07, 6.45) is 5.79. The van der Waals surface area contributed by atoms with Crippen molar-refractivity contribution in [3.8, 4) is 0 Å². The minimum absolute atomic E-state index is 0.0328. The van der Waals surface area contributed by atoms with Crippen molar-refractivity contribution in [3.05, 3.63) is 54.1 Å². The fraction of sp³-hybridized carbons (Fsp3) is 0.474. The lowest BCUT2D eigenvalue weighted by atomic mass is 10.0. The Morgan fingerprint density at radius 1 is 1.36 bits per heavy atom. The van der Waals surface area contributed by atoms with Gasteiger partial charge >= 0.3 is 6.03 Å². The zero-order valence-electron chi connectivity index (χ0n) is 15.1. The Kier molecular flexibility index (Phi) is 5.71. The zero-order chi connectivity index (χ0) is 17.6. The lowest BCUT2D eigenvalue weighted by molar-refractivity contribution is 0.166. The molecule has 2 heterocycles. The molecule has 6 heteroatoms. The van der Waals surface area contributed by atoms with Crippen LogP contribution in [-0.2, 0) is 20.1 Å². The molecule has 0 bridgehead atoms. The van der Waals surface area contributed by atoms with Crippen molar-refractivity contribution in [1.82, 2.24) is 24.7 Å². The van der Waals surface area contributed by atoms with E-state index in [9.17, 15) is 4.79 Å². The number of benzene rings is 1. The maximum absolute atomic E-state index is 12.5. The zero-order valence-corrected chi connectivity index (χ0v) is 15.1. The quantitative estimate of drug-likeness (QED) is 0.907. The van der Waals surface area contributed by atoms with Gasteiger partial charge in [-0.3, -0.25) is 4.90 Å². The largest absolute Gasteiger partial charge is 0.337 e. The summed E-state index contributed by atoms with van der Waals surface area (Å²) in [5.74, 6) is 0.881. The number of piperidine rings is 1. The van der Waals surface area contributed by atoms with Crippen molar-refractivity contribution in [2.24, 2.45) is 7.05 Å². The topological polar surface area (TPSA) is 53.4 Å². The summed E-state index contributed by atoms with van der Waals surface area (Å²) in [6.45, 7) is 3.44. The van der Waals surface area contributed by atoms with Crippen LogP contribution in [0.2, 0.25) is 0 Å². The molecule has 1 aliphatic heterocycles. The number of carbonyl (C=O) groups excluding carboxylic acids is 1. The molecule has 0 aliphatic carbocycles. The predicted molar refractivity (Wildman–Crippen MR) is 97.9 cm³/mol. The van der Waals surface area contributed by atoms with Crippen LogP contribution in [0.3, 0.4) is 0 Å². The van der Waals surface area contributed by atoms with Crippen LogP contribution >= 0.6 is 0 Å². The standard InChI is InChI=1S/C19H27N5O/c1-22-12-10-20-18(22)15-23(2)19(25)21-17-9-6-11-24(14-17)13-16-7-4-3-5-8-16/h3-5,7-8,10,12,17H,6,9,11,13-15H2,1-2H3,(H,21,25)/t17-/m0/s1. The SMILES string of the molecule is CN(Cc1nccn1C)C(=O)N[C@H]1CCCN(Cc2ccccc2)C1. The van der Waals surface area contributed by atoms with Gasteiger partial charge in [-0.2, -0.15) is 0 Å². The molecular formula is C19H27N5O. The highest BCUT2D eigenvalue weighted by Gasteiger charge is 2.23. The first-order valence-electron chi connectivity index (χ1n) is 8.86. The maximum atomic E-state index is 12.5. The Labute approximate surface area is 149 Å². The number of urea groups is 1. The highest BCUT2D eigenvalue weighted by atomic mass is 16.2. The number of amides is 2. The third-order valence-corrected chi connectivity index (χ3v) is 4.73. The average molecular weight is 341 g/mol. The summed E-state index contributed by atoms with van der Waals surface area (Å²) in [7, 11) is 3.76. The number of imidazole rings is 1. The van der Waals surface area contributed by atoms with Gasteiger partial charge in [0, 0.05) is 45.6 Å². The van der Waals surface area contributed by atoms with Crippen molar-refractivity contribution in [1.29, 1.82) is 0 Å². The van der Waals surface area contributed by atoms with E-state index in [-0.39, 0.29) is 12.1 Å². The molecule has 6 nitrogen and oxygen atoms in total. The van der Waals surface area contributed by atoms with Crippen LogP contribution < -0.4 is 5.32 Å². The summed E-state index contributed by atoms with van der Waals surface area (Å²) in [5, 5.41) is 3.17. The van der Waals surface area contributed by atoms with E-state index in [1.165, 1.54) is 5.56 Å². The molecular weight excluding hydrogens is 314 g/mol. The normalized spacial score (nSPS) is 18.1. The number of rotatable bonds is 5. The number of aromatic nitrogens is 2. The van der Waals surface area contributed by atoms with Gasteiger partial charge in [0.05, 0.1) is 6.54 Å². The van der Waals surface area contributed by atoms with E-state index >= 15 is 0 Å². The average Bonchev–Trinajstić information content (AvgIpc) is 3.01. The summed E-state index contributed by atoms with van der Waals surface area (Å²) in [6, 6.07) is 10.7. The van der Waals surface area contributed by atoms with E-state index in [1.807, 2.05) is 30.9 Å². The highest BCUT2D eigenvalue weighted by Crippen LogP contribution is 2.14. The molecule has 134 valence electrons. The van der Waals surface area contributed by atoms with Crippen LogP contribution in [0.4, 0.5) is 4.79 Å². The monoisotopic (exact) mass is 341 g/mol. The Morgan fingerprint density at radius 3 is 2.88 bits per heavy atom. The minimum atomic E-state index is -0.0328. The van der Waals surface area contributed by atoms with Gasteiger partial charge in [0.1, 0.15) is 5.82 Å². The summed E-state index contributed by atoms with van der Waals surface area (Å²) < 4.78 is 1.94. The molecule has 1 N–H and O–H groups in total. The summed E-state index contributed by atoms with van der Waals surface area (Å²) in [5.41, 5.74) is 1.32. The molecule has 0 spiro atoms. The highest BCUT2D eigenvalue weighted by molar-refractivity contribution is 5.74. The van der Waals surface area contributed by atoms with Crippen LogP contribution in [-0.4, -0.2) is 51.6 Å².